The molecule has 0 aromatic heterocycles. The van der Waals surface area contributed by atoms with Gasteiger partial charge >= 0.3 is 0 Å². The molecule has 0 atom stereocenters. The number of thioether (sulfide) groups is 1. The summed E-state index contributed by atoms with van der Waals surface area (Å²) in [7, 11) is 0. The van der Waals surface area contributed by atoms with Crippen LogP contribution in [-0.2, 0) is 5.41 Å². The number of nitrogens with one attached hydrogen (secondary N) is 1. The maximum atomic E-state index is 3.44. The van der Waals surface area contributed by atoms with Gasteiger partial charge in [0.2, 0.25) is 0 Å². The summed E-state index contributed by atoms with van der Waals surface area (Å²) in [4.78, 5) is 1.39. The smallest absolute Gasteiger partial charge is 0.00721 e. The van der Waals surface area contributed by atoms with Crippen molar-refractivity contribution in [3.63, 3.8) is 0 Å². The number of hydrogen-bond donors (Lipinski definition) is 1. The lowest BCUT2D eigenvalue weighted by Gasteiger charge is -2.19. The summed E-state index contributed by atoms with van der Waals surface area (Å²) in [6.07, 6.45) is 2.47. The largest absolute Gasteiger partial charge is 0.317 e. The molecule has 1 nitrogen and oxygen atoms in total. The van der Waals surface area contributed by atoms with Crippen molar-refractivity contribution < 1.29 is 0 Å². The molecule has 0 saturated carbocycles. The highest BCUT2D eigenvalue weighted by Gasteiger charge is 2.12. The summed E-state index contributed by atoms with van der Waals surface area (Å²) in [6.45, 7) is 11.3. The van der Waals surface area contributed by atoms with Crippen molar-refractivity contribution in [2.24, 2.45) is 0 Å². The fourth-order valence-corrected chi connectivity index (χ4v) is 2.59. The first-order valence-electron chi connectivity index (χ1n) is 6.98. The molecule has 0 bridgehead atoms. The molecule has 1 aromatic carbocycles. The third-order valence-corrected chi connectivity index (χ3v) is 4.01. The lowest BCUT2D eigenvalue weighted by molar-refractivity contribution is 0.590. The molecule has 0 unspecified atom stereocenters. The Labute approximate surface area is 117 Å². The Morgan fingerprint density at radius 3 is 2.28 bits per heavy atom. The van der Waals surface area contributed by atoms with Gasteiger partial charge in [0, 0.05) is 4.90 Å². The maximum Gasteiger partial charge on any atom is 0.00721 e. The third kappa shape index (κ3) is 5.92. The summed E-state index contributed by atoms with van der Waals surface area (Å²) in [5.74, 6) is 1.20. The summed E-state index contributed by atoms with van der Waals surface area (Å²) >= 11 is 1.96. The second kappa shape index (κ2) is 7.85. The van der Waals surface area contributed by atoms with Gasteiger partial charge in [-0.05, 0) is 54.8 Å². The van der Waals surface area contributed by atoms with Crippen LogP contribution in [0.15, 0.2) is 29.2 Å². The first-order valence-corrected chi connectivity index (χ1v) is 7.96. The van der Waals surface area contributed by atoms with E-state index in [-0.39, 0.29) is 5.41 Å². The van der Waals surface area contributed by atoms with Crippen molar-refractivity contribution in [2.75, 3.05) is 18.8 Å². The van der Waals surface area contributed by atoms with Crippen molar-refractivity contribution in [2.45, 2.75) is 50.8 Å². The molecule has 0 aliphatic heterocycles. The van der Waals surface area contributed by atoms with E-state index in [1.165, 1.54) is 29.1 Å². The number of benzene rings is 1. The van der Waals surface area contributed by atoms with E-state index in [9.17, 15) is 0 Å². The summed E-state index contributed by atoms with van der Waals surface area (Å²) < 4.78 is 0. The van der Waals surface area contributed by atoms with Gasteiger partial charge in [0.05, 0.1) is 0 Å². The van der Waals surface area contributed by atoms with Crippen LogP contribution in [0.4, 0.5) is 0 Å². The van der Waals surface area contributed by atoms with E-state index < -0.39 is 0 Å². The van der Waals surface area contributed by atoms with E-state index in [4.69, 9.17) is 0 Å². The van der Waals surface area contributed by atoms with E-state index in [1.807, 2.05) is 11.8 Å². The van der Waals surface area contributed by atoms with Crippen LogP contribution in [0.3, 0.4) is 0 Å². The molecule has 0 amide bonds. The molecule has 0 aliphatic rings. The zero-order valence-electron chi connectivity index (χ0n) is 12.3. The number of hydrogen-bond acceptors (Lipinski definition) is 2. The van der Waals surface area contributed by atoms with Crippen LogP contribution >= 0.6 is 11.8 Å². The zero-order valence-corrected chi connectivity index (χ0v) is 13.1. The second-order valence-electron chi connectivity index (χ2n) is 5.73. The van der Waals surface area contributed by atoms with Crippen LogP contribution in [0.25, 0.3) is 0 Å². The highest BCUT2D eigenvalue weighted by molar-refractivity contribution is 7.99. The van der Waals surface area contributed by atoms with Gasteiger partial charge in [-0.15, -0.1) is 11.8 Å². The molecule has 0 spiro atoms. The Balaban J connectivity index is 2.27. The minimum absolute atomic E-state index is 0.257. The van der Waals surface area contributed by atoms with Gasteiger partial charge in [-0.2, -0.15) is 0 Å². The molecule has 0 heterocycles. The summed E-state index contributed by atoms with van der Waals surface area (Å²) in [5.41, 5.74) is 1.67. The van der Waals surface area contributed by atoms with Gasteiger partial charge in [-0.3, -0.25) is 0 Å². The van der Waals surface area contributed by atoms with Gasteiger partial charge in [0.25, 0.3) is 0 Å². The minimum atomic E-state index is 0.257. The van der Waals surface area contributed by atoms with Crippen LogP contribution in [0, 0.1) is 0 Å². The molecule has 0 saturated heterocycles. The first-order chi connectivity index (χ1) is 8.54. The lowest BCUT2D eigenvalue weighted by atomic mass is 9.87. The Kier molecular flexibility index (Phi) is 6.80. The Morgan fingerprint density at radius 2 is 1.72 bits per heavy atom. The summed E-state index contributed by atoms with van der Waals surface area (Å²) in [6, 6.07) is 9.03. The molecule has 1 aromatic rings. The van der Waals surface area contributed by atoms with Crippen LogP contribution in [0.2, 0.25) is 0 Å². The normalized spacial score (nSPS) is 11.8. The first kappa shape index (κ1) is 15.6. The van der Waals surface area contributed by atoms with E-state index in [0.717, 1.165) is 13.1 Å². The zero-order chi connectivity index (χ0) is 13.4. The van der Waals surface area contributed by atoms with Crippen LogP contribution < -0.4 is 5.32 Å². The second-order valence-corrected chi connectivity index (χ2v) is 6.89. The Morgan fingerprint density at radius 1 is 1.06 bits per heavy atom. The van der Waals surface area contributed by atoms with Crippen LogP contribution in [-0.4, -0.2) is 18.8 Å². The molecule has 0 aliphatic carbocycles. The predicted octanol–water partition coefficient (Wildman–Crippen LogP) is 4.47. The lowest BCUT2D eigenvalue weighted by Crippen LogP contribution is -2.16. The molecule has 2 heteroatoms. The van der Waals surface area contributed by atoms with Gasteiger partial charge in [-0.25, -0.2) is 0 Å². The standard InChI is InChI=1S/C16H27NS/c1-5-11-17-12-6-13-18-15-9-7-14(8-10-15)16(2,3)4/h7-10,17H,5-6,11-13H2,1-4H3. The maximum absolute atomic E-state index is 3.44. The Bertz CT molecular complexity index is 324. The molecular weight excluding hydrogens is 238 g/mol. The number of rotatable bonds is 7. The summed E-state index contributed by atoms with van der Waals surface area (Å²) in [5, 5.41) is 3.44. The van der Waals surface area contributed by atoms with E-state index in [1.54, 1.807) is 0 Å². The SMILES string of the molecule is CCCNCCCSc1ccc(C(C)(C)C)cc1. The van der Waals surface area contributed by atoms with Crippen LogP contribution in [0.5, 0.6) is 0 Å². The molecule has 0 radical (unpaired) electrons. The fourth-order valence-electron chi connectivity index (χ4n) is 1.74. The van der Waals surface area contributed by atoms with E-state index in [2.05, 4.69) is 57.3 Å². The van der Waals surface area contributed by atoms with Gasteiger partial charge in [0.15, 0.2) is 0 Å². The average Bonchev–Trinajstić information content (AvgIpc) is 2.33. The topological polar surface area (TPSA) is 12.0 Å². The Hall–Kier alpha value is -0.470. The molecule has 0 fully saturated rings. The molecule has 1 N–H and O–H groups in total. The monoisotopic (exact) mass is 265 g/mol. The van der Waals surface area contributed by atoms with Crippen molar-refractivity contribution in [1.29, 1.82) is 0 Å². The van der Waals surface area contributed by atoms with Gasteiger partial charge in [-0.1, -0.05) is 39.8 Å². The molecule has 1 rings (SSSR count). The fraction of sp³-hybridized carbons (Fsp3) is 0.625. The predicted molar refractivity (Wildman–Crippen MR) is 83.6 cm³/mol. The quantitative estimate of drug-likeness (QED) is 0.577. The third-order valence-electron chi connectivity index (χ3n) is 2.91. The van der Waals surface area contributed by atoms with Crippen LogP contribution in [0.1, 0.15) is 46.1 Å². The molecule has 18 heavy (non-hydrogen) atoms. The molecule has 102 valence electrons. The van der Waals surface area contributed by atoms with Gasteiger partial charge < -0.3 is 5.32 Å². The minimum Gasteiger partial charge on any atom is -0.317 e. The van der Waals surface area contributed by atoms with E-state index >= 15 is 0 Å². The van der Waals surface area contributed by atoms with Gasteiger partial charge in [0.1, 0.15) is 0 Å². The molecular formula is C16H27NS. The highest BCUT2D eigenvalue weighted by atomic mass is 32.2. The van der Waals surface area contributed by atoms with Crippen molar-refractivity contribution >= 4 is 11.8 Å². The van der Waals surface area contributed by atoms with Crippen molar-refractivity contribution in [3.05, 3.63) is 29.8 Å². The average molecular weight is 265 g/mol. The highest BCUT2D eigenvalue weighted by Crippen LogP contribution is 2.25. The van der Waals surface area contributed by atoms with E-state index in [0.29, 0.717) is 0 Å². The van der Waals surface area contributed by atoms with Crippen molar-refractivity contribution in [3.8, 4) is 0 Å². The van der Waals surface area contributed by atoms with Crippen molar-refractivity contribution in [1.82, 2.24) is 5.32 Å².